The van der Waals surface area contributed by atoms with Gasteiger partial charge < -0.3 is 24.4 Å². The number of nitrogens with zero attached hydrogens (tertiary/aromatic N) is 3. The maximum Gasteiger partial charge on any atom is 0.259 e. The Bertz CT molecular complexity index is 687. The molecule has 1 aromatic rings. The van der Waals surface area contributed by atoms with Gasteiger partial charge in [0, 0.05) is 37.3 Å². The van der Waals surface area contributed by atoms with Gasteiger partial charge in [0.1, 0.15) is 18.3 Å². The van der Waals surface area contributed by atoms with Gasteiger partial charge in [-0.1, -0.05) is 6.92 Å². The monoisotopic (exact) mass is 443 g/mol. The lowest BCUT2D eigenvalue weighted by Crippen LogP contribution is -2.50. The number of pyridine rings is 1. The van der Waals surface area contributed by atoms with Gasteiger partial charge in [0.2, 0.25) is 11.8 Å². The first kappa shape index (κ1) is 21.6. The fourth-order valence-electron chi connectivity index (χ4n) is 2.90. The van der Waals surface area contributed by atoms with Crippen LogP contribution in [-0.4, -0.2) is 84.3 Å². The lowest BCUT2D eigenvalue weighted by molar-refractivity contribution is -0.135. The Hall–Kier alpha value is -1.71. The highest BCUT2D eigenvalue weighted by atomic mass is 79.9. The number of carbonyl (C=O) groups excluding carboxylic acids is 2. The number of methoxy groups -OCH3 is 1. The molecule has 9 heteroatoms. The van der Waals surface area contributed by atoms with Crippen LogP contribution < -0.4 is 4.74 Å². The number of hydrogen-bond donors (Lipinski definition) is 1. The molecule has 0 fully saturated rings. The van der Waals surface area contributed by atoms with Crippen LogP contribution in [0.1, 0.15) is 24.2 Å². The molecule has 0 aliphatic carbocycles. The van der Waals surface area contributed by atoms with Crippen LogP contribution in [0.3, 0.4) is 0 Å². The van der Waals surface area contributed by atoms with E-state index in [0.717, 1.165) is 0 Å². The summed E-state index contributed by atoms with van der Waals surface area (Å²) in [5.41, 5.74) is 0.326. The third kappa shape index (κ3) is 5.18. The van der Waals surface area contributed by atoms with Crippen LogP contribution in [0.4, 0.5) is 0 Å². The molecule has 0 aromatic carbocycles. The minimum atomic E-state index is -0.371. The van der Waals surface area contributed by atoms with Crippen molar-refractivity contribution in [3.05, 3.63) is 22.3 Å². The number of aliphatic hydroxyl groups excluding tert-OH is 1. The summed E-state index contributed by atoms with van der Waals surface area (Å²) in [6.07, 6.45) is 1.19. The Morgan fingerprint density at radius 2 is 2.30 bits per heavy atom. The molecule has 150 valence electrons. The fraction of sp³-hybridized carbons (Fsp3) is 0.611. The van der Waals surface area contributed by atoms with E-state index in [1.54, 1.807) is 36.0 Å². The van der Waals surface area contributed by atoms with E-state index in [0.29, 0.717) is 23.1 Å². The number of ether oxygens (including phenoxy) is 2. The van der Waals surface area contributed by atoms with Crippen molar-refractivity contribution in [2.75, 3.05) is 40.5 Å². The van der Waals surface area contributed by atoms with Gasteiger partial charge in [0.25, 0.3) is 5.91 Å². The van der Waals surface area contributed by atoms with Crippen molar-refractivity contribution in [3.63, 3.8) is 0 Å². The van der Waals surface area contributed by atoms with E-state index in [1.807, 2.05) is 6.92 Å². The molecule has 3 atom stereocenters. The second-order valence-electron chi connectivity index (χ2n) is 6.84. The number of likely N-dealkylation sites (N-methyl/N-ethyl adjacent to an activating group) is 1. The second kappa shape index (κ2) is 9.48. The molecule has 2 rings (SSSR count). The number of aromatic nitrogens is 1. The predicted molar refractivity (Wildman–Crippen MR) is 103 cm³/mol. The van der Waals surface area contributed by atoms with Crippen LogP contribution in [0.25, 0.3) is 0 Å². The van der Waals surface area contributed by atoms with Crippen molar-refractivity contribution in [2.45, 2.75) is 26.0 Å². The summed E-state index contributed by atoms with van der Waals surface area (Å²) in [6.45, 7) is 4.31. The summed E-state index contributed by atoms with van der Waals surface area (Å²) in [5, 5.41) is 9.58. The maximum absolute atomic E-state index is 13.0. The van der Waals surface area contributed by atoms with E-state index in [1.165, 1.54) is 7.11 Å². The molecule has 8 nitrogen and oxygen atoms in total. The maximum atomic E-state index is 13.0. The average Bonchev–Trinajstić information content (AvgIpc) is 2.64. The zero-order valence-electron chi connectivity index (χ0n) is 16.0. The van der Waals surface area contributed by atoms with E-state index >= 15 is 0 Å². The number of aliphatic hydroxyl groups is 1. The van der Waals surface area contributed by atoms with Gasteiger partial charge in [0.05, 0.1) is 19.2 Å². The summed E-state index contributed by atoms with van der Waals surface area (Å²) in [6, 6.07) is 1.31. The molecule has 0 saturated heterocycles. The van der Waals surface area contributed by atoms with Crippen LogP contribution in [-0.2, 0) is 9.53 Å². The molecule has 0 radical (unpaired) electrons. The van der Waals surface area contributed by atoms with Gasteiger partial charge >= 0.3 is 0 Å². The molecular weight excluding hydrogens is 418 g/mol. The average molecular weight is 444 g/mol. The van der Waals surface area contributed by atoms with Crippen molar-refractivity contribution >= 4 is 27.7 Å². The molecule has 1 aliphatic heterocycles. The fourth-order valence-corrected chi connectivity index (χ4v) is 3.23. The van der Waals surface area contributed by atoms with Crippen molar-refractivity contribution < 1.29 is 24.2 Å². The lowest BCUT2D eigenvalue weighted by atomic mass is 10.00. The minimum absolute atomic E-state index is 0.00839. The predicted octanol–water partition coefficient (Wildman–Crippen LogP) is 1.17. The number of carbonyl (C=O) groups is 2. The zero-order valence-corrected chi connectivity index (χ0v) is 17.6. The highest BCUT2D eigenvalue weighted by Gasteiger charge is 2.34. The van der Waals surface area contributed by atoms with Crippen LogP contribution >= 0.6 is 15.9 Å². The topological polar surface area (TPSA) is 92.2 Å². The quantitative estimate of drug-likeness (QED) is 0.709. The molecule has 1 aromatic heterocycles. The van der Waals surface area contributed by atoms with E-state index in [2.05, 4.69) is 20.9 Å². The number of rotatable bonds is 6. The van der Waals surface area contributed by atoms with Crippen LogP contribution in [0, 0.1) is 5.92 Å². The standard InChI is InChI=1S/C18H26BrN3O5/c1-11-7-22(12(2)9-23)18(25)14-5-13(19)6-20-17(14)27-15(11)8-21(3)16(24)10-26-4/h5-6,11-12,15,23H,7-10H2,1-4H3/t11-,12-,15+/m0/s1. The Balaban J connectivity index is 2.36. The highest BCUT2D eigenvalue weighted by molar-refractivity contribution is 9.10. The normalized spacial score (nSPS) is 21.0. The number of amides is 2. The molecule has 1 N–H and O–H groups in total. The van der Waals surface area contributed by atoms with Crippen molar-refractivity contribution in [1.82, 2.24) is 14.8 Å². The minimum Gasteiger partial charge on any atom is -0.472 e. The van der Waals surface area contributed by atoms with Crippen LogP contribution in [0.5, 0.6) is 5.88 Å². The first-order valence-electron chi connectivity index (χ1n) is 8.75. The number of hydrogen-bond acceptors (Lipinski definition) is 6. The van der Waals surface area contributed by atoms with E-state index in [4.69, 9.17) is 9.47 Å². The van der Waals surface area contributed by atoms with Gasteiger partial charge in [0.15, 0.2) is 0 Å². The third-order valence-electron chi connectivity index (χ3n) is 4.64. The van der Waals surface area contributed by atoms with Crippen LogP contribution in [0.2, 0.25) is 0 Å². The van der Waals surface area contributed by atoms with Gasteiger partial charge in [-0.25, -0.2) is 4.98 Å². The van der Waals surface area contributed by atoms with Crippen molar-refractivity contribution in [2.24, 2.45) is 5.92 Å². The van der Waals surface area contributed by atoms with Gasteiger partial charge in [-0.15, -0.1) is 0 Å². The third-order valence-corrected chi connectivity index (χ3v) is 5.07. The van der Waals surface area contributed by atoms with E-state index in [9.17, 15) is 14.7 Å². The summed E-state index contributed by atoms with van der Waals surface area (Å²) >= 11 is 3.34. The zero-order chi connectivity index (χ0) is 20.1. The largest absolute Gasteiger partial charge is 0.472 e. The number of fused-ring (bicyclic) bond motifs is 1. The molecule has 0 unspecified atom stereocenters. The molecule has 2 heterocycles. The molecule has 0 spiro atoms. The summed E-state index contributed by atoms with van der Waals surface area (Å²) in [4.78, 5) is 32.5. The second-order valence-corrected chi connectivity index (χ2v) is 7.75. The smallest absolute Gasteiger partial charge is 0.259 e. The highest BCUT2D eigenvalue weighted by Crippen LogP contribution is 2.28. The molecule has 1 aliphatic rings. The Kier molecular flexibility index (Phi) is 7.58. The van der Waals surface area contributed by atoms with E-state index in [-0.39, 0.29) is 49.0 Å². The Morgan fingerprint density at radius 1 is 1.59 bits per heavy atom. The Morgan fingerprint density at radius 3 is 2.93 bits per heavy atom. The number of halogens is 1. The summed E-state index contributed by atoms with van der Waals surface area (Å²) in [5.74, 6) is -0.257. The van der Waals surface area contributed by atoms with Crippen molar-refractivity contribution in [1.29, 1.82) is 0 Å². The molecule has 27 heavy (non-hydrogen) atoms. The summed E-state index contributed by atoms with van der Waals surface area (Å²) in [7, 11) is 3.16. The molecule has 0 bridgehead atoms. The first-order valence-corrected chi connectivity index (χ1v) is 9.54. The first-order chi connectivity index (χ1) is 12.8. The Labute approximate surface area is 167 Å². The van der Waals surface area contributed by atoms with Gasteiger partial charge in [-0.2, -0.15) is 0 Å². The molecular formula is C18H26BrN3O5. The lowest BCUT2D eigenvalue weighted by Gasteiger charge is -2.37. The molecule has 2 amide bonds. The van der Waals surface area contributed by atoms with Gasteiger partial charge in [-0.3, -0.25) is 9.59 Å². The van der Waals surface area contributed by atoms with E-state index < -0.39 is 0 Å². The summed E-state index contributed by atoms with van der Waals surface area (Å²) < 4.78 is 11.6. The SMILES string of the molecule is COCC(=O)N(C)C[C@H]1Oc2ncc(Br)cc2C(=O)N([C@@H](C)CO)C[C@@H]1C. The van der Waals surface area contributed by atoms with Gasteiger partial charge in [-0.05, 0) is 28.9 Å². The molecule has 0 saturated carbocycles. The van der Waals surface area contributed by atoms with Crippen molar-refractivity contribution in [3.8, 4) is 5.88 Å². The van der Waals surface area contributed by atoms with Crippen LogP contribution in [0.15, 0.2) is 16.7 Å².